The van der Waals surface area contributed by atoms with Gasteiger partial charge in [0.2, 0.25) is 0 Å². The Hall–Kier alpha value is -1.30. The standard InChI is InChI=1S/C11H14BrN3O2/c12-8-5-9(7-14-6-8)15-3-1-10(2-4-15)17-11(13)16/h5-7,10H,1-4H2,(H2,13,16). The first-order chi connectivity index (χ1) is 8.15. The molecule has 1 aliphatic rings. The summed E-state index contributed by atoms with van der Waals surface area (Å²) >= 11 is 3.40. The van der Waals surface area contributed by atoms with Gasteiger partial charge in [0.15, 0.2) is 0 Å². The molecule has 1 aliphatic heterocycles. The maximum absolute atomic E-state index is 10.6. The van der Waals surface area contributed by atoms with Crippen LogP contribution in [-0.2, 0) is 4.74 Å². The highest BCUT2D eigenvalue weighted by molar-refractivity contribution is 9.10. The Morgan fingerprint density at radius 2 is 2.18 bits per heavy atom. The highest BCUT2D eigenvalue weighted by Crippen LogP contribution is 2.23. The summed E-state index contributed by atoms with van der Waals surface area (Å²) in [6.07, 6.45) is 4.45. The van der Waals surface area contributed by atoms with E-state index in [2.05, 4.69) is 25.8 Å². The quantitative estimate of drug-likeness (QED) is 0.906. The van der Waals surface area contributed by atoms with E-state index in [-0.39, 0.29) is 6.10 Å². The number of nitrogens with zero attached hydrogens (tertiary/aromatic N) is 2. The van der Waals surface area contributed by atoms with Crippen LogP contribution in [-0.4, -0.2) is 30.3 Å². The Morgan fingerprint density at radius 3 is 2.76 bits per heavy atom. The van der Waals surface area contributed by atoms with Gasteiger partial charge in [-0.2, -0.15) is 0 Å². The maximum atomic E-state index is 10.6. The lowest BCUT2D eigenvalue weighted by Gasteiger charge is -2.32. The molecule has 0 radical (unpaired) electrons. The molecule has 5 nitrogen and oxygen atoms in total. The lowest BCUT2D eigenvalue weighted by molar-refractivity contribution is 0.0912. The molecule has 2 rings (SSSR count). The van der Waals surface area contributed by atoms with Gasteiger partial charge in [-0.3, -0.25) is 4.98 Å². The van der Waals surface area contributed by atoms with Crippen molar-refractivity contribution in [2.24, 2.45) is 5.73 Å². The van der Waals surface area contributed by atoms with Crippen LogP contribution in [0, 0.1) is 0 Å². The van der Waals surface area contributed by atoms with Gasteiger partial charge in [0, 0.05) is 36.6 Å². The van der Waals surface area contributed by atoms with Crippen LogP contribution in [0.4, 0.5) is 10.5 Å². The van der Waals surface area contributed by atoms with Crippen molar-refractivity contribution in [3.63, 3.8) is 0 Å². The topological polar surface area (TPSA) is 68.5 Å². The second-order valence-electron chi connectivity index (χ2n) is 3.98. The van der Waals surface area contributed by atoms with Crippen LogP contribution in [0.5, 0.6) is 0 Å². The average molecular weight is 300 g/mol. The molecule has 0 saturated carbocycles. The molecule has 1 fully saturated rings. The van der Waals surface area contributed by atoms with Gasteiger partial charge in [0.25, 0.3) is 0 Å². The molecule has 2 heterocycles. The summed E-state index contributed by atoms with van der Waals surface area (Å²) in [4.78, 5) is 17.0. The SMILES string of the molecule is NC(=O)OC1CCN(c2cncc(Br)c2)CC1. The Labute approximate surface area is 108 Å². The molecule has 0 atom stereocenters. The van der Waals surface area contributed by atoms with Crippen molar-refractivity contribution >= 4 is 27.7 Å². The molecular formula is C11H14BrN3O2. The van der Waals surface area contributed by atoms with E-state index in [1.807, 2.05) is 12.3 Å². The predicted octanol–water partition coefficient (Wildman–Crippen LogP) is 1.91. The van der Waals surface area contributed by atoms with Gasteiger partial charge < -0.3 is 15.4 Å². The Kier molecular flexibility index (Phi) is 3.83. The molecule has 0 spiro atoms. The second-order valence-corrected chi connectivity index (χ2v) is 4.90. The maximum Gasteiger partial charge on any atom is 0.404 e. The molecule has 0 bridgehead atoms. The number of carbonyl (C=O) groups is 1. The van der Waals surface area contributed by atoms with Crippen LogP contribution in [0.25, 0.3) is 0 Å². The first-order valence-electron chi connectivity index (χ1n) is 5.47. The van der Waals surface area contributed by atoms with Crippen molar-refractivity contribution in [1.29, 1.82) is 0 Å². The fourth-order valence-electron chi connectivity index (χ4n) is 1.97. The number of hydrogen-bond acceptors (Lipinski definition) is 4. The van der Waals surface area contributed by atoms with E-state index in [1.54, 1.807) is 6.20 Å². The number of halogens is 1. The summed E-state index contributed by atoms with van der Waals surface area (Å²) in [5.74, 6) is 0. The Balaban J connectivity index is 1.93. The molecule has 1 amide bonds. The van der Waals surface area contributed by atoms with Gasteiger partial charge in [-0.1, -0.05) is 0 Å². The number of primary amides is 1. The van der Waals surface area contributed by atoms with Crippen LogP contribution in [0.2, 0.25) is 0 Å². The van der Waals surface area contributed by atoms with Gasteiger partial charge in [-0.05, 0) is 22.0 Å². The number of anilines is 1. The Morgan fingerprint density at radius 1 is 1.47 bits per heavy atom. The van der Waals surface area contributed by atoms with Crippen molar-refractivity contribution in [2.45, 2.75) is 18.9 Å². The molecule has 17 heavy (non-hydrogen) atoms. The van der Waals surface area contributed by atoms with Crippen LogP contribution in [0.1, 0.15) is 12.8 Å². The second kappa shape index (κ2) is 5.35. The molecule has 1 aromatic heterocycles. The molecule has 1 aromatic rings. The minimum Gasteiger partial charge on any atom is -0.446 e. The van der Waals surface area contributed by atoms with Crippen molar-refractivity contribution in [1.82, 2.24) is 4.98 Å². The number of hydrogen-bond donors (Lipinski definition) is 1. The third kappa shape index (κ3) is 3.33. The fourth-order valence-corrected chi connectivity index (χ4v) is 2.32. The van der Waals surface area contributed by atoms with Crippen LogP contribution in [0.3, 0.4) is 0 Å². The van der Waals surface area contributed by atoms with Crippen molar-refractivity contribution < 1.29 is 9.53 Å². The number of carbonyl (C=O) groups excluding carboxylic acids is 1. The van der Waals surface area contributed by atoms with Gasteiger partial charge in [0.05, 0.1) is 11.9 Å². The summed E-state index contributed by atoms with van der Waals surface area (Å²) < 4.78 is 5.95. The number of aromatic nitrogens is 1. The number of pyridine rings is 1. The molecular weight excluding hydrogens is 286 g/mol. The molecule has 92 valence electrons. The fraction of sp³-hybridized carbons (Fsp3) is 0.455. The van der Waals surface area contributed by atoms with E-state index >= 15 is 0 Å². The normalized spacial score (nSPS) is 16.9. The number of piperidine rings is 1. The monoisotopic (exact) mass is 299 g/mol. The zero-order valence-electron chi connectivity index (χ0n) is 9.30. The van der Waals surface area contributed by atoms with Crippen LogP contribution < -0.4 is 10.6 Å². The van der Waals surface area contributed by atoms with Gasteiger partial charge >= 0.3 is 6.09 Å². The number of rotatable bonds is 2. The molecule has 6 heteroatoms. The zero-order chi connectivity index (χ0) is 12.3. The van der Waals surface area contributed by atoms with Crippen LogP contribution >= 0.6 is 15.9 Å². The molecule has 1 saturated heterocycles. The summed E-state index contributed by atoms with van der Waals surface area (Å²) in [5, 5.41) is 0. The summed E-state index contributed by atoms with van der Waals surface area (Å²) in [6, 6.07) is 2.03. The third-order valence-electron chi connectivity index (χ3n) is 2.78. The van der Waals surface area contributed by atoms with Gasteiger partial charge in [-0.15, -0.1) is 0 Å². The highest BCUT2D eigenvalue weighted by Gasteiger charge is 2.21. The number of amides is 1. The van der Waals surface area contributed by atoms with E-state index < -0.39 is 6.09 Å². The summed E-state index contributed by atoms with van der Waals surface area (Å²) in [7, 11) is 0. The van der Waals surface area contributed by atoms with Crippen molar-refractivity contribution in [2.75, 3.05) is 18.0 Å². The molecule has 0 unspecified atom stereocenters. The first kappa shape index (κ1) is 12.2. The average Bonchev–Trinajstić information content (AvgIpc) is 2.29. The van der Waals surface area contributed by atoms with E-state index in [0.29, 0.717) is 0 Å². The predicted molar refractivity (Wildman–Crippen MR) is 67.8 cm³/mol. The van der Waals surface area contributed by atoms with Crippen molar-refractivity contribution in [3.05, 3.63) is 22.9 Å². The Bertz CT molecular complexity index is 405. The minimum atomic E-state index is -0.687. The number of nitrogens with two attached hydrogens (primary N) is 1. The van der Waals surface area contributed by atoms with E-state index in [4.69, 9.17) is 10.5 Å². The molecule has 2 N–H and O–H groups in total. The number of ether oxygens (including phenoxy) is 1. The van der Waals surface area contributed by atoms with E-state index in [1.165, 1.54) is 0 Å². The lowest BCUT2D eigenvalue weighted by Crippen LogP contribution is -2.38. The van der Waals surface area contributed by atoms with Crippen LogP contribution in [0.15, 0.2) is 22.9 Å². The highest BCUT2D eigenvalue weighted by atomic mass is 79.9. The third-order valence-corrected chi connectivity index (χ3v) is 3.21. The van der Waals surface area contributed by atoms with Gasteiger partial charge in [-0.25, -0.2) is 4.79 Å². The lowest BCUT2D eigenvalue weighted by atomic mass is 10.1. The zero-order valence-corrected chi connectivity index (χ0v) is 10.9. The smallest absolute Gasteiger partial charge is 0.404 e. The molecule has 0 aromatic carbocycles. The minimum absolute atomic E-state index is 0.0520. The van der Waals surface area contributed by atoms with E-state index in [9.17, 15) is 4.79 Å². The first-order valence-corrected chi connectivity index (χ1v) is 6.26. The summed E-state index contributed by atoms with van der Waals surface area (Å²) in [5.41, 5.74) is 6.08. The van der Waals surface area contributed by atoms with Crippen molar-refractivity contribution in [3.8, 4) is 0 Å². The molecule has 0 aliphatic carbocycles. The van der Waals surface area contributed by atoms with Gasteiger partial charge in [0.1, 0.15) is 6.10 Å². The largest absolute Gasteiger partial charge is 0.446 e. The summed E-state index contributed by atoms with van der Waals surface area (Å²) in [6.45, 7) is 1.69. The van der Waals surface area contributed by atoms with E-state index in [0.717, 1.165) is 36.1 Å².